The quantitative estimate of drug-likeness (QED) is 0.472. The minimum Gasteiger partial charge on any atom is -0.462 e. The minimum atomic E-state index is -0.704. The first-order valence-electron chi connectivity index (χ1n) is 9.34. The van der Waals surface area contributed by atoms with Gasteiger partial charge >= 0.3 is 5.97 Å². The number of halogens is 3. The molecule has 29 heavy (non-hydrogen) atoms. The van der Waals surface area contributed by atoms with Crippen molar-refractivity contribution in [1.82, 2.24) is 4.98 Å². The molecule has 2 heterocycles. The van der Waals surface area contributed by atoms with Gasteiger partial charge in [-0.25, -0.2) is 14.2 Å². The molecule has 1 aliphatic rings. The van der Waals surface area contributed by atoms with Crippen LogP contribution in [0, 0.1) is 11.8 Å². The zero-order valence-corrected chi connectivity index (χ0v) is 17.0. The molecule has 0 unspecified atom stereocenters. The van der Waals surface area contributed by atoms with Gasteiger partial charge in [-0.1, -0.05) is 37.2 Å². The van der Waals surface area contributed by atoms with Crippen LogP contribution in [0.15, 0.2) is 42.6 Å². The normalized spacial score (nSPS) is 13.2. The Labute approximate surface area is 173 Å². The highest BCUT2D eigenvalue weighted by Gasteiger charge is 2.28. The summed E-state index contributed by atoms with van der Waals surface area (Å²) in [6.07, 6.45) is 2.32. The molecule has 0 saturated carbocycles. The second-order valence-corrected chi connectivity index (χ2v) is 7.04. The third-order valence-electron chi connectivity index (χ3n) is 4.61. The Hall–Kier alpha value is -2.73. The molecule has 0 radical (unpaired) electrons. The summed E-state index contributed by atoms with van der Waals surface area (Å²) in [5.74, 6) is -1.43. The van der Waals surface area contributed by atoms with E-state index in [1.54, 1.807) is 36.2 Å². The Balaban J connectivity index is 2.05. The predicted octanol–water partition coefficient (Wildman–Crippen LogP) is 5.29. The van der Waals surface area contributed by atoms with Crippen LogP contribution in [0.25, 0.3) is 5.57 Å². The minimum absolute atomic E-state index is 0.0279. The van der Waals surface area contributed by atoms with Crippen LogP contribution < -0.4 is 4.90 Å². The van der Waals surface area contributed by atoms with Gasteiger partial charge in [0.1, 0.15) is 11.6 Å². The van der Waals surface area contributed by atoms with Crippen LogP contribution in [0.5, 0.6) is 0 Å². The highest BCUT2D eigenvalue weighted by molar-refractivity contribution is 6.30. The highest BCUT2D eigenvalue weighted by atomic mass is 35.5. The maximum Gasteiger partial charge on any atom is 0.340 e. The molecule has 3 rings (SSSR count). The van der Waals surface area contributed by atoms with Gasteiger partial charge in [0.05, 0.1) is 17.2 Å². The van der Waals surface area contributed by atoms with Crippen LogP contribution in [-0.2, 0) is 16.0 Å². The number of hydrogen-bond acceptors (Lipinski definition) is 4. The third-order valence-corrected chi connectivity index (χ3v) is 4.90. The molecule has 1 aromatic carbocycles. The average Bonchev–Trinajstić information content (AvgIpc) is 2.69. The van der Waals surface area contributed by atoms with Gasteiger partial charge in [-0.3, -0.25) is 0 Å². The molecular weight excluding hydrogens is 398 g/mol. The Morgan fingerprint density at radius 3 is 2.72 bits per heavy atom. The Morgan fingerprint density at radius 2 is 2.03 bits per heavy atom. The van der Waals surface area contributed by atoms with Crippen LogP contribution in [0.4, 0.5) is 14.6 Å². The highest BCUT2D eigenvalue weighted by Crippen LogP contribution is 2.37. The van der Waals surface area contributed by atoms with Crippen molar-refractivity contribution in [3.63, 3.8) is 0 Å². The summed E-state index contributed by atoms with van der Waals surface area (Å²) in [6, 6.07) is 6.15. The van der Waals surface area contributed by atoms with Gasteiger partial charge in [-0.15, -0.1) is 0 Å². The number of carbonyl (C=O) groups is 1. The van der Waals surface area contributed by atoms with Crippen LogP contribution in [0.1, 0.15) is 37.0 Å². The predicted molar refractivity (Wildman–Crippen MR) is 110 cm³/mol. The fraction of sp³-hybridized carbons (Fsp3) is 0.273. The number of anilines is 1. The topological polar surface area (TPSA) is 42.4 Å². The zero-order valence-electron chi connectivity index (χ0n) is 16.3. The number of pyridine rings is 1. The lowest BCUT2D eigenvalue weighted by atomic mass is 9.94. The van der Waals surface area contributed by atoms with Crippen molar-refractivity contribution in [3.8, 4) is 0 Å². The molecule has 0 amide bonds. The van der Waals surface area contributed by atoms with E-state index < -0.39 is 17.7 Å². The molecule has 2 aromatic rings. The fourth-order valence-electron chi connectivity index (χ4n) is 3.21. The van der Waals surface area contributed by atoms with Gasteiger partial charge in [0.25, 0.3) is 0 Å². The van der Waals surface area contributed by atoms with Gasteiger partial charge in [0, 0.05) is 30.3 Å². The second kappa shape index (κ2) is 8.74. The third kappa shape index (κ3) is 4.17. The molecule has 0 fully saturated rings. The van der Waals surface area contributed by atoms with Crippen LogP contribution in [0.3, 0.4) is 0 Å². The summed E-state index contributed by atoms with van der Waals surface area (Å²) >= 11 is 5.83. The summed E-state index contributed by atoms with van der Waals surface area (Å²) in [7, 11) is 0. The van der Waals surface area contributed by atoms with E-state index in [0.717, 1.165) is 6.42 Å². The summed E-state index contributed by atoms with van der Waals surface area (Å²) in [4.78, 5) is 18.2. The smallest absolute Gasteiger partial charge is 0.340 e. The fourth-order valence-corrected chi connectivity index (χ4v) is 3.41. The van der Waals surface area contributed by atoms with Gasteiger partial charge in [0.15, 0.2) is 0 Å². The molecule has 0 atom stereocenters. The monoisotopic (exact) mass is 418 g/mol. The molecule has 0 saturated heterocycles. The lowest BCUT2D eigenvalue weighted by molar-refractivity contribution is -0.138. The van der Waals surface area contributed by atoms with Crippen molar-refractivity contribution in [2.24, 2.45) is 0 Å². The van der Waals surface area contributed by atoms with E-state index in [4.69, 9.17) is 16.3 Å². The number of rotatable bonds is 6. The lowest BCUT2D eigenvalue weighted by Gasteiger charge is -2.29. The van der Waals surface area contributed by atoms with Gasteiger partial charge < -0.3 is 9.64 Å². The van der Waals surface area contributed by atoms with Gasteiger partial charge in [-0.05, 0) is 36.6 Å². The molecule has 4 nitrogen and oxygen atoms in total. The van der Waals surface area contributed by atoms with Crippen molar-refractivity contribution < 1.29 is 18.3 Å². The van der Waals surface area contributed by atoms with Gasteiger partial charge in [-0.2, -0.15) is 4.39 Å². The number of nitrogens with zero attached hydrogens (tertiary/aromatic N) is 2. The average molecular weight is 419 g/mol. The van der Waals surface area contributed by atoms with Crippen molar-refractivity contribution >= 4 is 29.0 Å². The van der Waals surface area contributed by atoms with E-state index >= 15 is 0 Å². The van der Waals surface area contributed by atoms with Crippen LogP contribution in [-0.4, -0.2) is 24.1 Å². The maximum atomic E-state index is 14.8. The number of esters is 1. The number of hydrogen-bond donors (Lipinski definition) is 0. The summed E-state index contributed by atoms with van der Waals surface area (Å²) in [5.41, 5.74) is 1.65. The lowest BCUT2D eigenvalue weighted by Crippen LogP contribution is -2.27. The largest absolute Gasteiger partial charge is 0.462 e. The van der Waals surface area contributed by atoms with Gasteiger partial charge in [0.2, 0.25) is 5.95 Å². The molecule has 0 aliphatic carbocycles. The first-order chi connectivity index (χ1) is 13.9. The van der Waals surface area contributed by atoms with E-state index in [9.17, 15) is 13.6 Å². The molecule has 1 aliphatic heterocycles. The van der Waals surface area contributed by atoms with E-state index in [-0.39, 0.29) is 29.2 Å². The number of ether oxygens (including phenoxy) is 1. The number of carbonyl (C=O) groups excluding carboxylic acids is 1. The van der Waals surface area contributed by atoms with Crippen molar-refractivity contribution in [2.45, 2.75) is 26.7 Å². The van der Waals surface area contributed by atoms with E-state index in [0.29, 0.717) is 29.1 Å². The summed E-state index contributed by atoms with van der Waals surface area (Å²) in [6.45, 7) is 8.44. The molecule has 1 aromatic heterocycles. The van der Waals surface area contributed by atoms with Crippen molar-refractivity contribution in [2.75, 3.05) is 18.1 Å². The van der Waals surface area contributed by atoms with E-state index in [1.807, 2.05) is 6.92 Å². The van der Waals surface area contributed by atoms with Crippen molar-refractivity contribution in [1.29, 1.82) is 0 Å². The van der Waals surface area contributed by atoms with Crippen molar-refractivity contribution in [3.05, 3.63) is 76.1 Å². The molecule has 0 bridgehead atoms. The first-order valence-corrected chi connectivity index (χ1v) is 9.72. The molecule has 0 spiro atoms. The van der Waals surface area contributed by atoms with E-state index in [2.05, 4.69) is 11.6 Å². The molecule has 7 heteroatoms. The Morgan fingerprint density at radius 1 is 1.28 bits per heavy atom. The summed E-state index contributed by atoms with van der Waals surface area (Å²) < 4.78 is 34.2. The van der Waals surface area contributed by atoms with Crippen LogP contribution in [0.2, 0.25) is 5.02 Å². The standard InChI is InChI=1S/C22H21ClF2N2O2/c1-4-9-27-12-17(22(28)29-5-2)13(3)16-11-15(20(25)26-21(16)27)10-14-7-6-8-18(23)19(14)24/h6-8,11-12H,3-5,9-10H2,1-2H3. The summed E-state index contributed by atoms with van der Waals surface area (Å²) in [5, 5.41) is -0.0279. The van der Waals surface area contributed by atoms with Crippen LogP contribution >= 0.6 is 11.6 Å². The van der Waals surface area contributed by atoms with E-state index in [1.165, 1.54) is 6.07 Å². The first kappa shape index (κ1) is 21.0. The molecule has 152 valence electrons. The maximum absolute atomic E-state index is 14.8. The SMILES string of the molecule is C=C1C(C(=O)OCC)=CN(CCC)c2nc(F)c(Cc3cccc(Cl)c3F)cc21. The Bertz CT molecular complexity index is 1000. The zero-order chi connectivity index (χ0) is 21.1. The second-order valence-electron chi connectivity index (χ2n) is 6.63. The molecular formula is C22H21ClF2N2O2. The number of fused-ring (bicyclic) bond motifs is 1. The number of benzene rings is 1. The number of aromatic nitrogens is 1. The molecule has 0 N–H and O–H groups in total. The Kier molecular flexibility index (Phi) is 6.33.